The first-order valence-corrected chi connectivity index (χ1v) is 10.7. The maximum absolute atomic E-state index is 12.0. The number of hydrogen-bond donors (Lipinski definition) is 2. The number of benzene rings is 2. The number of hydrogen-bond acceptors (Lipinski definition) is 4. The molecule has 0 bridgehead atoms. The maximum atomic E-state index is 12.0. The molecule has 1 atom stereocenters. The van der Waals surface area contributed by atoms with Gasteiger partial charge in [-0.05, 0) is 36.6 Å². The molecule has 1 fully saturated rings. The molecule has 0 aromatic heterocycles. The van der Waals surface area contributed by atoms with E-state index in [9.17, 15) is 9.59 Å². The van der Waals surface area contributed by atoms with E-state index in [1.165, 1.54) is 11.3 Å². The van der Waals surface area contributed by atoms with Gasteiger partial charge in [0, 0.05) is 36.7 Å². The molecule has 148 valence electrons. The summed E-state index contributed by atoms with van der Waals surface area (Å²) in [4.78, 5) is 27.5. The van der Waals surface area contributed by atoms with Crippen LogP contribution in [0.4, 0.5) is 4.79 Å². The van der Waals surface area contributed by atoms with E-state index in [1.807, 2.05) is 48.2 Å². The number of likely N-dealkylation sites (tertiary alicyclic amines) is 1. The highest BCUT2D eigenvalue weighted by Gasteiger charge is 2.23. The van der Waals surface area contributed by atoms with Gasteiger partial charge in [-0.2, -0.15) is 0 Å². The zero-order valence-corrected chi connectivity index (χ0v) is 16.8. The van der Waals surface area contributed by atoms with E-state index in [1.54, 1.807) is 0 Å². The minimum Gasteiger partial charge on any atom is -0.334 e. The maximum Gasteiger partial charge on any atom is 0.321 e. The van der Waals surface area contributed by atoms with Crippen molar-refractivity contribution in [2.24, 2.45) is 5.92 Å². The zero-order valence-electron chi connectivity index (χ0n) is 16.0. The topological polar surface area (TPSA) is 61.4 Å². The molecule has 5 nitrogen and oxygen atoms in total. The van der Waals surface area contributed by atoms with Crippen LogP contribution >= 0.6 is 11.8 Å². The van der Waals surface area contributed by atoms with Gasteiger partial charge in [0.1, 0.15) is 0 Å². The van der Waals surface area contributed by atoms with E-state index < -0.39 is 6.03 Å². The summed E-state index contributed by atoms with van der Waals surface area (Å²) in [6.07, 6.45) is 1.51. The number of imide groups is 1. The van der Waals surface area contributed by atoms with Crippen molar-refractivity contribution < 1.29 is 9.59 Å². The van der Waals surface area contributed by atoms with Crippen LogP contribution in [0.1, 0.15) is 18.4 Å². The summed E-state index contributed by atoms with van der Waals surface area (Å²) in [5.41, 5.74) is 1.00. The standard InChI is InChI=1S/C22H27N3O2S/c26-21(24-22(27)23-15-18-7-3-1-4-8-18)12-14-25-13-11-19(16-25)17-28-20-9-5-2-6-10-20/h1-10,19H,11-17H2,(H2,23,24,26,27)/t19-/m1/s1. The second kappa shape index (κ2) is 10.9. The normalized spacial score (nSPS) is 16.6. The second-order valence-corrected chi connectivity index (χ2v) is 8.14. The Morgan fingerprint density at radius 1 is 1.04 bits per heavy atom. The molecule has 1 aliphatic heterocycles. The molecule has 2 N–H and O–H groups in total. The third kappa shape index (κ3) is 7.02. The van der Waals surface area contributed by atoms with E-state index in [-0.39, 0.29) is 5.91 Å². The summed E-state index contributed by atoms with van der Waals surface area (Å²) >= 11 is 1.90. The van der Waals surface area contributed by atoms with E-state index >= 15 is 0 Å². The van der Waals surface area contributed by atoms with Crippen LogP contribution in [0, 0.1) is 5.92 Å². The molecule has 28 heavy (non-hydrogen) atoms. The lowest BCUT2D eigenvalue weighted by Crippen LogP contribution is -2.40. The van der Waals surface area contributed by atoms with Crippen molar-refractivity contribution >= 4 is 23.7 Å². The fourth-order valence-corrected chi connectivity index (χ4v) is 4.30. The van der Waals surface area contributed by atoms with Gasteiger partial charge in [-0.25, -0.2) is 4.79 Å². The molecule has 1 heterocycles. The quantitative estimate of drug-likeness (QED) is 0.669. The first-order chi connectivity index (χ1) is 13.7. The van der Waals surface area contributed by atoms with Gasteiger partial charge in [0.05, 0.1) is 0 Å². The monoisotopic (exact) mass is 397 g/mol. The lowest BCUT2D eigenvalue weighted by Gasteiger charge is -2.15. The Bertz CT molecular complexity index is 755. The SMILES string of the molecule is O=C(CCN1CC[C@@H](CSc2ccccc2)C1)NC(=O)NCc1ccccc1. The molecule has 2 aromatic carbocycles. The molecule has 0 aliphatic carbocycles. The molecule has 0 saturated carbocycles. The number of carbonyl (C=O) groups is 2. The number of amides is 3. The van der Waals surface area contributed by atoms with Crippen LogP contribution in [0.2, 0.25) is 0 Å². The molecule has 3 amide bonds. The fourth-order valence-electron chi connectivity index (χ4n) is 3.25. The van der Waals surface area contributed by atoms with Crippen molar-refractivity contribution in [3.8, 4) is 0 Å². The van der Waals surface area contributed by atoms with Crippen LogP contribution < -0.4 is 10.6 Å². The summed E-state index contributed by atoms with van der Waals surface area (Å²) in [7, 11) is 0. The van der Waals surface area contributed by atoms with Gasteiger partial charge in [0.25, 0.3) is 0 Å². The highest BCUT2D eigenvalue weighted by molar-refractivity contribution is 7.99. The Morgan fingerprint density at radius 3 is 2.50 bits per heavy atom. The van der Waals surface area contributed by atoms with Crippen molar-refractivity contribution in [2.45, 2.75) is 24.3 Å². The molecule has 2 aromatic rings. The molecule has 3 rings (SSSR count). The minimum absolute atomic E-state index is 0.229. The third-order valence-electron chi connectivity index (χ3n) is 4.80. The van der Waals surface area contributed by atoms with Gasteiger partial charge in [-0.1, -0.05) is 48.5 Å². The van der Waals surface area contributed by atoms with Crippen LogP contribution in [0.25, 0.3) is 0 Å². The van der Waals surface area contributed by atoms with Crippen molar-refractivity contribution in [1.29, 1.82) is 0 Å². The van der Waals surface area contributed by atoms with Gasteiger partial charge in [0.2, 0.25) is 5.91 Å². The Hall–Kier alpha value is -2.31. The largest absolute Gasteiger partial charge is 0.334 e. The number of carbonyl (C=O) groups excluding carboxylic acids is 2. The van der Waals surface area contributed by atoms with Crippen molar-refractivity contribution in [2.75, 3.05) is 25.4 Å². The smallest absolute Gasteiger partial charge is 0.321 e. The number of nitrogens with one attached hydrogen (secondary N) is 2. The highest BCUT2D eigenvalue weighted by Crippen LogP contribution is 2.25. The summed E-state index contributed by atoms with van der Waals surface area (Å²) in [6.45, 7) is 3.15. The average Bonchev–Trinajstić information content (AvgIpc) is 3.19. The first kappa shape index (κ1) is 20.4. The summed E-state index contributed by atoms with van der Waals surface area (Å²) < 4.78 is 0. The van der Waals surface area contributed by atoms with Crippen molar-refractivity contribution in [3.63, 3.8) is 0 Å². The van der Waals surface area contributed by atoms with Gasteiger partial charge in [-0.3, -0.25) is 10.1 Å². The molecule has 0 unspecified atom stereocenters. The molecule has 1 aliphatic rings. The Labute approximate surface area is 170 Å². The van der Waals surface area contributed by atoms with E-state index in [4.69, 9.17) is 0 Å². The van der Waals surface area contributed by atoms with Gasteiger partial charge in [-0.15, -0.1) is 11.8 Å². The third-order valence-corrected chi connectivity index (χ3v) is 6.05. The molecule has 6 heteroatoms. The average molecular weight is 398 g/mol. The molecular weight excluding hydrogens is 370 g/mol. The predicted molar refractivity (Wildman–Crippen MR) is 113 cm³/mol. The summed E-state index contributed by atoms with van der Waals surface area (Å²) in [5.74, 6) is 1.53. The molecule has 0 radical (unpaired) electrons. The number of rotatable bonds is 8. The molecular formula is C22H27N3O2S. The lowest BCUT2D eigenvalue weighted by molar-refractivity contribution is -0.120. The second-order valence-electron chi connectivity index (χ2n) is 7.05. The van der Waals surface area contributed by atoms with Crippen LogP contribution in [-0.4, -0.2) is 42.2 Å². The van der Waals surface area contributed by atoms with Gasteiger partial charge in [0.15, 0.2) is 0 Å². The Kier molecular flexibility index (Phi) is 7.94. The molecule has 1 saturated heterocycles. The van der Waals surface area contributed by atoms with Crippen molar-refractivity contribution in [1.82, 2.24) is 15.5 Å². The summed E-state index contributed by atoms with van der Waals surface area (Å²) in [6, 6.07) is 19.6. The highest BCUT2D eigenvalue weighted by atomic mass is 32.2. The number of urea groups is 1. The summed E-state index contributed by atoms with van der Waals surface area (Å²) in [5, 5.41) is 5.12. The van der Waals surface area contributed by atoms with Crippen molar-refractivity contribution in [3.05, 3.63) is 66.2 Å². The Balaban J connectivity index is 1.29. The fraction of sp³-hybridized carbons (Fsp3) is 0.364. The van der Waals surface area contributed by atoms with Crippen LogP contribution in [0.3, 0.4) is 0 Å². The van der Waals surface area contributed by atoms with Crippen LogP contribution in [0.15, 0.2) is 65.6 Å². The minimum atomic E-state index is -0.438. The van der Waals surface area contributed by atoms with Gasteiger partial charge < -0.3 is 10.2 Å². The van der Waals surface area contributed by atoms with E-state index in [2.05, 4.69) is 39.8 Å². The predicted octanol–water partition coefficient (Wildman–Crippen LogP) is 3.52. The van der Waals surface area contributed by atoms with E-state index in [0.29, 0.717) is 25.4 Å². The zero-order chi connectivity index (χ0) is 19.6. The van der Waals surface area contributed by atoms with E-state index in [0.717, 1.165) is 24.4 Å². The number of nitrogens with zero attached hydrogens (tertiary/aromatic N) is 1. The van der Waals surface area contributed by atoms with Gasteiger partial charge >= 0.3 is 6.03 Å². The number of thioether (sulfide) groups is 1. The molecule has 0 spiro atoms. The lowest BCUT2D eigenvalue weighted by atomic mass is 10.2. The van der Waals surface area contributed by atoms with Crippen LogP contribution in [-0.2, 0) is 11.3 Å². The first-order valence-electron chi connectivity index (χ1n) is 9.71. The Morgan fingerprint density at radius 2 is 1.75 bits per heavy atom. The van der Waals surface area contributed by atoms with Crippen LogP contribution in [0.5, 0.6) is 0 Å².